The number of thiophene rings is 1. The fourth-order valence-electron chi connectivity index (χ4n) is 3.31. The van der Waals surface area contributed by atoms with Gasteiger partial charge in [-0.1, -0.05) is 19.3 Å². The highest BCUT2D eigenvalue weighted by Crippen LogP contribution is 2.28. The molecule has 4 N–H and O–H groups in total. The van der Waals surface area contributed by atoms with Gasteiger partial charge in [-0.2, -0.15) is 0 Å². The van der Waals surface area contributed by atoms with Crippen molar-refractivity contribution in [2.24, 2.45) is 11.7 Å². The van der Waals surface area contributed by atoms with Crippen LogP contribution in [0.4, 0.5) is 5.00 Å². The van der Waals surface area contributed by atoms with Gasteiger partial charge in [-0.25, -0.2) is 0 Å². The summed E-state index contributed by atoms with van der Waals surface area (Å²) >= 11 is 1.31. The monoisotopic (exact) mass is 397 g/mol. The van der Waals surface area contributed by atoms with Crippen molar-refractivity contribution in [1.29, 1.82) is 0 Å². The van der Waals surface area contributed by atoms with Crippen LogP contribution in [0.25, 0.3) is 0 Å². The molecule has 26 heavy (non-hydrogen) atoms. The Morgan fingerprint density at radius 1 is 1.23 bits per heavy atom. The zero-order valence-electron chi connectivity index (χ0n) is 14.4. The van der Waals surface area contributed by atoms with Crippen LogP contribution in [-0.4, -0.2) is 24.4 Å². The molecular weight excluding hydrogens is 374 g/mol. The lowest BCUT2D eigenvalue weighted by Crippen LogP contribution is -2.46. The van der Waals surface area contributed by atoms with E-state index in [1.54, 1.807) is 23.6 Å². The maximum absolute atomic E-state index is 12.7. The Kier molecular flexibility index (Phi) is 7.68. The van der Waals surface area contributed by atoms with Crippen molar-refractivity contribution < 1.29 is 14.0 Å². The topological polar surface area (TPSA) is 97.4 Å². The summed E-state index contributed by atoms with van der Waals surface area (Å²) in [6.07, 6.45) is 7.30. The molecule has 0 aliphatic heterocycles. The molecule has 2 heterocycles. The smallest absolute Gasteiger partial charge is 0.291 e. The first kappa shape index (κ1) is 20.5. The number of nitrogens with one attached hydrogen (secondary N) is 2. The van der Waals surface area contributed by atoms with Gasteiger partial charge in [0.05, 0.1) is 11.8 Å². The van der Waals surface area contributed by atoms with Crippen molar-refractivity contribution in [2.45, 2.75) is 38.1 Å². The van der Waals surface area contributed by atoms with E-state index in [1.165, 1.54) is 36.9 Å². The van der Waals surface area contributed by atoms with E-state index in [9.17, 15) is 9.59 Å². The van der Waals surface area contributed by atoms with Gasteiger partial charge >= 0.3 is 0 Å². The Balaban J connectivity index is 0.00000243. The molecule has 1 aliphatic rings. The fourth-order valence-corrected chi connectivity index (χ4v) is 4.09. The third-order valence-electron chi connectivity index (χ3n) is 4.67. The number of carbonyl (C=O) groups is 2. The van der Waals surface area contributed by atoms with Gasteiger partial charge in [0.2, 0.25) is 0 Å². The van der Waals surface area contributed by atoms with Crippen LogP contribution in [0.15, 0.2) is 34.3 Å². The molecule has 6 nitrogen and oxygen atoms in total. The molecule has 2 aromatic heterocycles. The van der Waals surface area contributed by atoms with E-state index in [1.807, 2.05) is 0 Å². The molecule has 1 atom stereocenters. The van der Waals surface area contributed by atoms with Gasteiger partial charge < -0.3 is 20.8 Å². The lowest BCUT2D eigenvalue weighted by atomic mass is 9.84. The summed E-state index contributed by atoms with van der Waals surface area (Å²) in [4.78, 5) is 24.8. The standard InChI is InChI=1S/C18H23N3O3S.ClH/c19-11-14(12-5-2-1-3-6-12)20-16(22)13-8-10-25-18(13)21-17(23)15-7-4-9-24-15;/h4,7-10,12,14H,1-3,5-6,11,19H2,(H,20,22)(H,21,23);1H. The molecule has 0 radical (unpaired) electrons. The Hall–Kier alpha value is -1.83. The minimum Gasteiger partial charge on any atom is -0.459 e. The van der Waals surface area contributed by atoms with Crippen LogP contribution in [0, 0.1) is 5.92 Å². The van der Waals surface area contributed by atoms with Crippen molar-refractivity contribution >= 4 is 40.6 Å². The molecule has 2 aromatic rings. The molecule has 1 unspecified atom stereocenters. The summed E-state index contributed by atoms with van der Waals surface area (Å²) in [6, 6.07) is 4.91. The van der Waals surface area contributed by atoms with Gasteiger partial charge in [-0.15, -0.1) is 23.7 Å². The first-order valence-corrected chi connectivity index (χ1v) is 9.50. The van der Waals surface area contributed by atoms with Crippen LogP contribution < -0.4 is 16.4 Å². The second-order valence-electron chi connectivity index (χ2n) is 6.31. The van der Waals surface area contributed by atoms with Crippen LogP contribution in [0.3, 0.4) is 0 Å². The molecule has 2 amide bonds. The van der Waals surface area contributed by atoms with Crippen molar-refractivity contribution in [3.05, 3.63) is 41.2 Å². The van der Waals surface area contributed by atoms with Crippen LogP contribution in [0.1, 0.15) is 53.0 Å². The van der Waals surface area contributed by atoms with E-state index in [0.29, 0.717) is 23.0 Å². The van der Waals surface area contributed by atoms with Crippen LogP contribution in [0.2, 0.25) is 0 Å². The number of halogens is 1. The Morgan fingerprint density at radius 3 is 2.65 bits per heavy atom. The van der Waals surface area contributed by atoms with Crippen molar-refractivity contribution in [1.82, 2.24) is 5.32 Å². The number of carbonyl (C=O) groups excluding carboxylic acids is 2. The minimum absolute atomic E-state index is 0. The summed E-state index contributed by atoms with van der Waals surface area (Å²) in [7, 11) is 0. The number of hydrogen-bond acceptors (Lipinski definition) is 5. The van der Waals surface area contributed by atoms with Gasteiger partial charge in [0.15, 0.2) is 5.76 Å². The highest BCUT2D eigenvalue weighted by molar-refractivity contribution is 7.14. The van der Waals surface area contributed by atoms with E-state index in [4.69, 9.17) is 10.2 Å². The molecule has 8 heteroatoms. The Morgan fingerprint density at radius 2 is 2.00 bits per heavy atom. The van der Waals surface area contributed by atoms with Gasteiger partial charge in [0.1, 0.15) is 5.00 Å². The maximum atomic E-state index is 12.7. The van der Waals surface area contributed by atoms with Gasteiger partial charge in [-0.05, 0) is 42.3 Å². The molecule has 3 rings (SSSR count). The predicted molar refractivity (Wildman–Crippen MR) is 105 cm³/mol. The first-order chi connectivity index (χ1) is 12.2. The lowest BCUT2D eigenvalue weighted by molar-refractivity contribution is 0.0917. The fraction of sp³-hybridized carbons (Fsp3) is 0.444. The second-order valence-corrected chi connectivity index (χ2v) is 7.22. The number of nitrogens with two attached hydrogens (primary N) is 1. The molecular formula is C18H24ClN3O3S. The number of anilines is 1. The van der Waals surface area contributed by atoms with E-state index in [-0.39, 0.29) is 36.0 Å². The third kappa shape index (κ3) is 4.87. The van der Waals surface area contributed by atoms with E-state index < -0.39 is 0 Å². The average Bonchev–Trinajstić information content (AvgIpc) is 3.32. The number of rotatable bonds is 6. The summed E-state index contributed by atoms with van der Waals surface area (Å²) < 4.78 is 5.08. The Bertz CT molecular complexity index is 711. The molecule has 0 aromatic carbocycles. The second kappa shape index (κ2) is 9.75. The van der Waals surface area contributed by atoms with Crippen molar-refractivity contribution in [3.63, 3.8) is 0 Å². The van der Waals surface area contributed by atoms with Crippen molar-refractivity contribution in [3.8, 4) is 0 Å². The molecule has 0 saturated heterocycles. The van der Waals surface area contributed by atoms with Crippen LogP contribution in [-0.2, 0) is 0 Å². The quantitative estimate of drug-likeness (QED) is 0.692. The summed E-state index contributed by atoms with van der Waals surface area (Å²) in [6.45, 7) is 0.425. The third-order valence-corrected chi connectivity index (χ3v) is 5.50. The van der Waals surface area contributed by atoms with E-state index >= 15 is 0 Å². The highest BCUT2D eigenvalue weighted by Gasteiger charge is 2.26. The summed E-state index contributed by atoms with van der Waals surface area (Å²) in [5.74, 6) is 0.0745. The highest BCUT2D eigenvalue weighted by atomic mass is 35.5. The summed E-state index contributed by atoms with van der Waals surface area (Å²) in [5, 5.41) is 8.09. The molecule has 1 aliphatic carbocycles. The summed E-state index contributed by atoms with van der Waals surface area (Å²) in [5.41, 5.74) is 6.35. The van der Waals surface area contributed by atoms with E-state index in [2.05, 4.69) is 10.6 Å². The van der Waals surface area contributed by atoms with Gasteiger partial charge in [0, 0.05) is 12.6 Å². The van der Waals surface area contributed by atoms with E-state index in [0.717, 1.165) is 12.8 Å². The molecule has 1 fully saturated rings. The lowest BCUT2D eigenvalue weighted by Gasteiger charge is -2.30. The average molecular weight is 398 g/mol. The first-order valence-electron chi connectivity index (χ1n) is 8.62. The molecule has 0 bridgehead atoms. The largest absolute Gasteiger partial charge is 0.459 e. The van der Waals surface area contributed by atoms with Gasteiger partial charge in [0.25, 0.3) is 11.8 Å². The van der Waals surface area contributed by atoms with Crippen LogP contribution >= 0.6 is 23.7 Å². The Labute approximate surface area is 162 Å². The maximum Gasteiger partial charge on any atom is 0.291 e. The number of hydrogen-bond donors (Lipinski definition) is 3. The molecule has 1 saturated carbocycles. The zero-order chi connectivity index (χ0) is 17.6. The van der Waals surface area contributed by atoms with Crippen molar-refractivity contribution in [2.75, 3.05) is 11.9 Å². The minimum atomic E-state index is -0.371. The zero-order valence-corrected chi connectivity index (χ0v) is 16.0. The normalized spacial score (nSPS) is 15.7. The van der Waals surface area contributed by atoms with Crippen LogP contribution in [0.5, 0.6) is 0 Å². The predicted octanol–water partition coefficient (Wildman–Crippen LogP) is 3.65. The number of amides is 2. The SMILES string of the molecule is Cl.NCC(NC(=O)c1ccsc1NC(=O)c1ccco1)C1CCCCC1. The number of furan rings is 1. The van der Waals surface area contributed by atoms with Gasteiger partial charge in [-0.3, -0.25) is 9.59 Å². The molecule has 142 valence electrons. The molecule has 0 spiro atoms.